The van der Waals surface area contributed by atoms with Crippen LogP contribution in [0.1, 0.15) is 6.42 Å². The molecule has 1 fully saturated rings. The Morgan fingerprint density at radius 1 is 1.60 bits per heavy atom. The lowest BCUT2D eigenvalue weighted by molar-refractivity contribution is -0.122. The zero-order chi connectivity index (χ0) is 14.7. The molecule has 0 aromatic heterocycles. The van der Waals surface area contributed by atoms with Gasteiger partial charge in [0, 0.05) is 11.4 Å². The number of halogens is 1. The van der Waals surface area contributed by atoms with E-state index in [2.05, 4.69) is 10.6 Å². The summed E-state index contributed by atoms with van der Waals surface area (Å²) in [4.78, 5) is 23.5. The Kier molecular flexibility index (Phi) is 4.85. The maximum atomic E-state index is 12.0. The van der Waals surface area contributed by atoms with Gasteiger partial charge in [0.1, 0.15) is 10.1 Å². The van der Waals surface area contributed by atoms with E-state index in [9.17, 15) is 9.59 Å². The zero-order valence-corrected chi connectivity index (χ0v) is 12.8. The number of nitrogens with one attached hydrogen (secondary N) is 2. The molecule has 20 heavy (non-hydrogen) atoms. The summed E-state index contributed by atoms with van der Waals surface area (Å²) in [5, 5.41) is 5.17. The Hall–Kier alpha value is -1.31. The van der Waals surface area contributed by atoms with Gasteiger partial charge >= 0.3 is 0 Å². The van der Waals surface area contributed by atoms with E-state index in [1.54, 1.807) is 18.2 Å². The second-order valence-corrected chi connectivity index (χ2v) is 6.30. The van der Waals surface area contributed by atoms with Crippen LogP contribution in [0.25, 0.3) is 0 Å². The third-order valence-electron chi connectivity index (χ3n) is 2.57. The fourth-order valence-electron chi connectivity index (χ4n) is 1.68. The van der Waals surface area contributed by atoms with Gasteiger partial charge in [-0.25, -0.2) is 0 Å². The van der Waals surface area contributed by atoms with Gasteiger partial charge in [-0.3, -0.25) is 9.59 Å². The lowest BCUT2D eigenvalue weighted by Crippen LogP contribution is -2.27. The molecule has 2 N–H and O–H groups in total. The second-order valence-electron chi connectivity index (χ2n) is 3.98. The van der Waals surface area contributed by atoms with Crippen molar-refractivity contribution in [1.29, 1.82) is 0 Å². The fraction of sp³-hybridized carbons (Fsp3) is 0.250. The summed E-state index contributed by atoms with van der Waals surface area (Å²) in [6.07, 6.45) is 0.0340. The molecule has 1 heterocycles. The van der Waals surface area contributed by atoms with Crippen molar-refractivity contribution in [2.75, 3.05) is 12.4 Å². The first-order chi connectivity index (χ1) is 9.49. The molecule has 1 atom stereocenters. The minimum atomic E-state index is -0.493. The first-order valence-corrected chi connectivity index (χ1v) is 7.31. The molecule has 1 aromatic carbocycles. The monoisotopic (exact) mass is 330 g/mol. The van der Waals surface area contributed by atoms with Gasteiger partial charge in [-0.1, -0.05) is 35.6 Å². The van der Waals surface area contributed by atoms with Gasteiger partial charge in [-0.2, -0.15) is 0 Å². The predicted molar refractivity (Wildman–Crippen MR) is 83.4 cm³/mol. The van der Waals surface area contributed by atoms with E-state index in [-0.39, 0.29) is 18.2 Å². The maximum Gasteiger partial charge on any atom is 0.239 e. The lowest BCUT2D eigenvalue weighted by Gasteiger charge is -2.11. The van der Waals surface area contributed by atoms with E-state index >= 15 is 0 Å². The second kappa shape index (κ2) is 6.43. The third kappa shape index (κ3) is 3.62. The molecule has 2 rings (SSSR count). The topological polar surface area (TPSA) is 67.4 Å². The van der Waals surface area contributed by atoms with Crippen LogP contribution in [-0.4, -0.2) is 28.5 Å². The molecule has 1 unspecified atom stereocenters. The van der Waals surface area contributed by atoms with E-state index in [1.165, 1.54) is 18.9 Å². The Morgan fingerprint density at radius 2 is 2.35 bits per heavy atom. The maximum absolute atomic E-state index is 12.0. The molecule has 1 aromatic rings. The number of carbonyl (C=O) groups is 2. The summed E-state index contributed by atoms with van der Waals surface area (Å²) in [5.41, 5.74) is 0.469. The number of rotatable bonds is 4. The molecule has 0 bridgehead atoms. The van der Waals surface area contributed by atoms with E-state index in [0.717, 1.165) is 0 Å². The Labute approximate surface area is 130 Å². The Morgan fingerprint density at radius 3 is 2.95 bits per heavy atom. The highest BCUT2D eigenvalue weighted by atomic mass is 35.5. The SMILES string of the molecule is COc1ccc(Cl)cc1NC(=O)CC1SC(=S)NC1=O. The quantitative estimate of drug-likeness (QED) is 0.828. The minimum Gasteiger partial charge on any atom is -0.495 e. The van der Waals surface area contributed by atoms with Gasteiger partial charge in [-0.15, -0.1) is 0 Å². The third-order valence-corrected chi connectivity index (χ3v) is 4.18. The molecule has 0 spiro atoms. The van der Waals surface area contributed by atoms with E-state index in [0.29, 0.717) is 20.8 Å². The van der Waals surface area contributed by atoms with E-state index < -0.39 is 5.25 Å². The predicted octanol–water partition coefficient (Wildman–Crippen LogP) is 2.19. The molecule has 0 saturated carbocycles. The fourth-order valence-corrected chi connectivity index (χ4v) is 3.11. The van der Waals surface area contributed by atoms with Crippen molar-refractivity contribution in [2.45, 2.75) is 11.7 Å². The van der Waals surface area contributed by atoms with Crippen LogP contribution in [0, 0.1) is 0 Å². The number of thiocarbonyl (C=S) groups is 1. The van der Waals surface area contributed by atoms with Crippen molar-refractivity contribution < 1.29 is 14.3 Å². The van der Waals surface area contributed by atoms with Gasteiger partial charge in [0.15, 0.2) is 0 Å². The number of methoxy groups -OCH3 is 1. The number of benzene rings is 1. The van der Waals surface area contributed by atoms with Crippen LogP contribution in [-0.2, 0) is 9.59 Å². The van der Waals surface area contributed by atoms with Gasteiger partial charge < -0.3 is 15.4 Å². The van der Waals surface area contributed by atoms with Crippen LogP contribution in [0.4, 0.5) is 5.69 Å². The Balaban J connectivity index is 2.03. The average molecular weight is 331 g/mol. The molecule has 0 radical (unpaired) electrons. The highest BCUT2D eigenvalue weighted by molar-refractivity contribution is 8.24. The van der Waals surface area contributed by atoms with Gasteiger partial charge in [-0.05, 0) is 18.2 Å². The minimum absolute atomic E-state index is 0.0340. The van der Waals surface area contributed by atoms with Gasteiger partial charge in [0.2, 0.25) is 11.8 Å². The molecule has 1 saturated heterocycles. The van der Waals surface area contributed by atoms with Crippen LogP contribution >= 0.6 is 35.6 Å². The number of thioether (sulfide) groups is 1. The first kappa shape index (κ1) is 15.1. The van der Waals surface area contributed by atoms with Gasteiger partial charge in [0.05, 0.1) is 18.0 Å². The summed E-state index contributed by atoms with van der Waals surface area (Å²) in [7, 11) is 1.50. The summed E-state index contributed by atoms with van der Waals surface area (Å²) in [6.45, 7) is 0. The summed E-state index contributed by atoms with van der Waals surface area (Å²) in [5.74, 6) is -0.0436. The number of hydrogen-bond donors (Lipinski definition) is 2. The van der Waals surface area contributed by atoms with Crippen LogP contribution in [0.3, 0.4) is 0 Å². The number of carbonyl (C=O) groups excluding carboxylic acids is 2. The molecular weight excluding hydrogens is 320 g/mol. The smallest absolute Gasteiger partial charge is 0.239 e. The van der Waals surface area contributed by atoms with Gasteiger partial charge in [0.25, 0.3) is 0 Å². The molecule has 0 aliphatic carbocycles. The Bertz CT molecular complexity index is 580. The molecule has 8 heteroatoms. The van der Waals surface area contributed by atoms with Crippen molar-refractivity contribution in [3.8, 4) is 5.75 Å². The molecule has 1 aliphatic rings. The van der Waals surface area contributed by atoms with Crippen molar-refractivity contribution in [2.24, 2.45) is 0 Å². The van der Waals surface area contributed by atoms with Crippen molar-refractivity contribution in [3.05, 3.63) is 23.2 Å². The van der Waals surface area contributed by atoms with Crippen LogP contribution in [0.5, 0.6) is 5.75 Å². The van der Waals surface area contributed by atoms with Crippen molar-refractivity contribution in [3.63, 3.8) is 0 Å². The zero-order valence-electron chi connectivity index (χ0n) is 10.4. The summed E-state index contributed by atoms with van der Waals surface area (Å²) in [6, 6.07) is 4.91. The molecule has 1 aliphatic heterocycles. The highest BCUT2D eigenvalue weighted by Crippen LogP contribution is 2.29. The number of hydrogen-bond acceptors (Lipinski definition) is 5. The van der Waals surface area contributed by atoms with Crippen LogP contribution in [0.2, 0.25) is 5.02 Å². The normalized spacial score (nSPS) is 17.8. The highest BCUT2D eigenvalue weighted by Gasteiger charge is 2.31. The molecular formula is C12H11ClN2O3S2. The van der Waals surface area contributed by atoms with Crippen molar-refractivity contribution in [1.82, 2.24) is 5.32 Å². The van der Waals surface area contributed by atoms with Crippen LogP contribution < -0.4 is 15.4 Å². The van der Waals surface area contributed by atoms with E-state index in [1.807, 2.05) is 0 Å². The van der Waals surface area contributed by atoms with Crippen molar-refractivity contribution >= 4 is 57.4 Å². The molecule has 106 valence electrons. The molecule has 2 amide bonds. The standard InChI is InChI=1S/C12H11ClN2O3S2/c1-18-8-3-2-6(13)4-7(8)14-10(16)5-9-11(17)15-12(19)20-9/h2-4,9H,5H2,1H3,(H,14,16)(H,15,17,19). The summed E-state index contributed by atoms with van der Waals surface area (Å²) >= 11 is 11.9. The lowest BCUT2D eigenvalue weighted by atomic mass is 10.2. The molecule has 5 nitrogen and oxygen atoms in total. The summed E-state index contributed by atoms with van der Waals surface area (Å²) < 4.78 is 5.53. The largest absolute Gasteiger partial charge is 0.495 e. The number of ether oxygens (including phenoxy) is 1. The first-order valence-electron chi connectivity index (χ1n) is 5.64. The number of amides is 2. The number of anilines is 1. The average Bonchev–Trinajstić information content (AvgIpc) is 2.68. The van der Waals surface area contributed by atoms with Crippen LogP contribution in [0.15, 0.2) is 18.2 Å². The van der Waals surface area contributed by atoms with E-state index in [4.69, 9.17) is 28.6 Å².